The van der Waals surface area contributed by atoms with Crippen molar-refractivity contribution in [2.45, 2.75) is 160 Å². The molecule has 1 saturated carbocycles. The molecule has 2 saturated heterocycles. The van der Waals surface area contributed by atoms with Gasteiger partial charge in [-0.25, -0.2) is 14.4 Å². The molecule has 16 unspecified atom stereocenters. The summed E-state index contributed by atoms with van der Waals surface area (Å²) in [5.41, 5.74) is -1.68. The summed E-state index contributed by atoms with van der Waals surface area (Å²) in [5, 5.41) is 44.2. The van der Waals surface area contributed by atoms with Crippen LogP contribution in [0.1, 0.15) is 108 Å². The normalized spacial score (nSPS) is 40.4. The van der Waals surface area contributed by atoms with Gasteiger partial charge in [0.1, 0.15) is 29.6 Å². The second kappa shape index (κ2) is 19.2. The molecule has 3 aliphatic carbocycles. The highest BCUT2D eigenvalue weighted by atomic mass is 16.7. The number of esters is 3. The summed E-state index contributed by atoms with van der Waals surface area (Å²) in [6.45, 7) is 8.76. The average Bonchev–Trinajstić information content (AvgIpc) is 3.49. The zero-order valence-corrected chi connectivity index (χ0v) is 38.5. The van der Waals surface area contributed by atoms with Crippen LogP contribution in [0.5, 0.6) is 5.75 Å². The zero-order chi connectivity index (χ0) is 47.2. The second-order valence-corrected chi connectivity index (χ2v) is 19.4. The number of benzene rings is 1. The number of aryl methyl sites for hydroxylation is 1. The summed E-state index contributed by atoms with van der Waals surface area (Å²) in [5.74, 6) is -6.23. The van der Waals surface area contributed by atoms with Crippen LogP contribution in [0.2, 0.25) is 0 Å². The van der Waals surface area contributed by atoms with Crippen molar-refractivity contribution in [1.82, 2.24) is 0 Å². The molecule has 4 heterocycles. The summed E-state index contributed by atoms with van der Waals surface area (Å²) in [7, 11) is 1.46. The van der Waals surface area contributed by atoms with Crippen LogP contribution in [-0.4, -0.2) is 112 Å². The van der Waals surface area contributed by atoms with Gasteiger partial charge in [-0.2, -0.15) is 0 Å². The van der Waals surface area contributed by atoms with Gasteiger partial charge in [-0.05, 0) is 89.2 Å². The largest absolute Gasteiger partial charge is 0.505 e. The highest BCUT2D eigenvalue weighted by Gasteiger charge is 2.60. The van der Waals surface area contributed by atoms with Crippen molar-refractivity contribution in [2.24, 2.45) is 35.0 Å². The Bertz CT molecular complexity index is 2150. The maximum Gasteiger partial charge on any atom is 0.379 e. The number of carboxylic acid groups (broad SMARTS) is 1. The van der Waals surface area contributed by atoms with E-state index in [1.807, 2.05) is 13.0 Å². The maximum absolute atomic E-state index is 14.8. The molecule has 66 heavy (non-hydrogen) atoms. The van der Waals surface area contributed by atoms with E-state index < -0.39 is 114 Å². The molecule has 8 rings (SSSR count). The first-order valence-corrected chi connectivity index (χ1v) is 23.5. The van der Waals surface area contributed by atoms with Gasteiger partial charge in [-0.3, -0.25) is 4.79 Å². The molecule has 0 aromatic heterocycles. The molecule has 0 amide bonds. The third kappa shape index (κ3) is 8.84. The molecule has 3 fully saturated rings. The van der Waals surface area contributed by atoms with Crippen LogP contribution in [0.25, 0.3) is 0 Å². The molecule has 16 heteroatoms. The first-order valence-electron chi connectivity index (χ1n) is 23.5. The van der Waals surface area contributed by atoms with Gasteiger partial charge in [-0.15, -0.1) is 0 Å². The Labute approximate surface area is 384 Å². The van der Waals surface area contributed by atoms with Crippen molar-refractivity contribution in [1.29, 1.82) is 0 Å². The summed E-state index contributed by atoms with van der Waals surface area (Å²) >= 11 is 0. The van der Waals surface area contributed by atoms with E-state index in [1.165, 1.54) is 13.2 Å². The quantitative estimate of drug-likeness (QED) is 0.128. The number of aliphatic hydroxyl groups is 3. The van der Waals surface area contributed by atoms with E-state index in [-0.39, 0.29) is 48.2 Å². The molecule has 16 atom stereocenters. The van der Waals surface area contributed by atoms with Crippen LogP contribution in [0.15, 0.2) is 65.7 Å². The van der Waals surface area contributed by atoms with Gasteiger partial charge < -0.3 is 58.3 Å². The van der Waals surface area contributed by atoms with Gasteiger partial charge in [-0.1, -0.05) is 62.3 Å². The number of carbonyl (C=O) groups is 4. The van der Waals surface area contributed by atoms with Gasteiger partial charge in [0.2, 0.25) is 0 Å². The van der Waals surface area contributed by atoms with Crippen LogP contribution in [0, 0.1) is 41.9 Å². The van der Waals surface area contributed by atoms with Crippen molar-refractivity contribution < 1.29 is 77.5 Å². The number of methoxy groups -OCH3 is 1. The topological polar surface area (TPSA) is 223 Å². The molecule has 1 aromatic carbocycles. The fourth-order valence-corrected chi connectivity index (χ4v) is 11.7. The minimum Gasteiger partial charge on any atom is -0.505 e. The van der Waals surface area contributed by atoms with Crippen LogP contribution in [0.3, 0.4) is 0 Å². The van der Waals surface area contributed by atoms with Crippen molar-refractivity contribution in [3.63, 3.8) is 0 Å². The Morgan fingerprint density at radius 2 is 1.65 bits per heavy atom. The third-order valence-corrected chi connectivity index (χ3v) is 15.3. The second-order valence-electron chi connectivity index (χ2n) is 19.4. The Hall–Kier alpha value is -4.58. The number of fused-ring (bicyclic) bond motifs is 3. The number of hydrogen-bond acceptors (Lipinski definition) is 15. The zero-order valence-electron chi connectivity index (χ0n) is 38.5. The minimum absolute atomic E-state index is 0.00168. The average molecular weight is 921 g/mol. The van der Waals surface area contributed by atoms with E-state index >= 15 is 0 Å². The lowest BCUT2D eigenvalue weighted by atomic mass is 9.55. The molecule has 4 N–H and O–H groups in total. The SMILES string of the molecule is COc1cccc(C)c1C(=O)OC1CC(OC2C(O)CC(OC3CCCC4C3C=CC3CCCCC=CC5C=C(C(=O)O)C(C)CC56OC(=O)C(=C6O)OC(=O)C34C)OC2C)OC(C)C1O. The first kappa shape index (κ1) is 47.9. The van der Waals surface area contributed by atoms with Crippen LogP contribution < -0.4 is 4.74 Å². The Kier molecular flexibility index (Phi) is 13.9. The van der Waals surface area contributed by atoms with E-state index in [0.717, 1.165) is 19.3 Å². The van der Waals surface area contributed by atoms with Crippen molar-refractivity contribution in [3.8, 4) is 5.75 Å². The van der Waals surface area contributed by atoms with Crippen molar-refractivity contribution >= 4 is 23.9 Å². The lowest BCUT2D eigenvalue weighted by molar-refractivity contribution is -0.318. The molecule has 2 bridgehead atoms. The fourth-order valence-electron chi connectivity index (χ4n) is 11.7. The fraction of sp³-hybridized carbons (Fsp3) is 0.640. The smallest absolute Gasteiger partial charge is 0.379 e. The maximum atomic E-state index is 14.8. The molecule has 16 nitrogen and oxygen atoms in total. The lowest BCUT2D eigenvalue weighted by Crippen LogP contribution is -2.56. The molecular formula is C50H64O16. The van der Waals surface area contributed by atoms with Crippen LogP contribution in [0.4, 0.5) is 0 Å². The van der Waals surface area contributed by atoms with Crippen LogP contribution in [-0.2, 0) is 47.5 Å². The number of allylic oxidation sites excluding steroid dienone is 2. The highest BCUT2D eigenvalue weighted by molar-refractivity contribution is 5.95. The van der Waals surface area contributed by atoms with Crippen molar-refractivity contribution in [3.05, 3.63) is 76.8 Å². The predicted octanol–water partition coefficient (Wildman–Crippen LogP) is 6.31. The van der Waals surface area contributed by atoms with E-state index in [0.29, 0.717) is 37.0 Å². The number of rotatable bonds is 8. The number of hydrogen-bond donors (Lipinski definition) is 4. The predicted molar refractivity (Wildman–Crippen MR) is 233 cm³/mol. The monoisotopic (exact) mass is 920 g/mol. The standard InChI is InChI=1S/C50H64O16/c1-25-13-11-18-36(59-6)40(25)46(56)63-37-23-39(60-27(3)41(37)52)64-42-28(4)61-38(22-34(42)51)62-35-17-12-16-33-31(35)20-19-29-14-9-7-8-10-15-30-21-32(45(54)55)26(2)24-50(30)44(53)43(47(57)66-50)65-48(58)49(29,33)5/h10-11,13,15,18-21,26-31,33-35,37-39,41-42,51-53H,7-9,12,14,16-17,22-24H2,1-6H3,(H,54,55). The Morgan fingerprint density at radius 1 is 0.894 bits per heavy atom. The number of carbonyl (C=O) groups excluding carboxylic acids is 3. The minimum atomic E-state index is -1.62. The number of carboxylic acids is 1. The summed E-state index contributed by atoms with van der Waals surface area (Å²) in [4.78, 5) is 53.8. The first-order chi connectivity index (χ1) is 31.5. The van der Waals surface area contributed by atoms with E-state index in [1.54, 1.807) is 52.0 Å². The third-order valence-electron chi connectivity index (χ3n) is 15.3. The summed E-state index contributed by atoms with van der Waals surface area (Å²) in [6, 6.07) is 5.20. The van der Waals surface area contributed by atoms with E-state index in [2.05, 4.69) is 12.2 Å². The van der Waals surface area contributed by atoms with Crippen molar-refractivity contribution in [2.75, 3.05) is 7.11 Å². The molecule has 4 aliphatic heterocycles. The van der Waals surface area contributed by atoms with Crippen LogP contribution >= 0.6 is 0 Å². The molecule has 360 valence electrons. The molecule has 1 spiro atoms. The Balaban J connectivity index is 0.953. The molecule has 7 aliphatic rings. The Morgan fingerprint density at radius 3 is 2.39 bits per heavy atom. The molecule has 1 aromatic rings. The highest BCUT2D eigenvalue weighted by Crippen LogP contribution is 2.55. The lowest BCUT2D eigenvalue weighted by Gasteiger charge is -2.51. The molecular weight excluding hydrogens is 857 g/mol. The summed E-state index contributed by atoms with van der Waals surface area (Å²) in [6.07, 6.45) is 6.86. The summed E-state index contributed by atoms with van der Waals surface area (Å²) < 4.78 is 48.4. The van der Waals surface area contributed by atoms with Gasteiger partial charge in [0.25, 0.3) is 5.76 Å². The number of aliphatic carboxylic acids is 1. The van der Waals surface area contributed by atoms with E-state index in [9.17, 15) is 39.6 Å². The molecule has 0 radical (unpaired) electrons. The number of ether oxygens (including phenoxy) is 8. The number of aliphatic hydroxyl groups excluding tert-OH is 3. The van der Waals surface area contributed by atoms with E-state index in [4.69, 9.17) is 37.9 Å². The van der Waals surface area contributed by atoms with Gasteiger partial charge in [0.05, 0.1) is 36.9 Å². The van der Waals surface area contributed by atoms with Gasteiger partial charge in [0.15, 0.2) is 23.9 Å². The van der Waals surface area contributed by atoms with Gasteiger partial charge in [0, 0.05) is 36.7 Å². The van der Waals surface area contributed by atoms with Gasteiger partial charge >= 0.3 is 23.9 Å².